The molecule has 29 heavy (non-hydrogen) atoms. The van der Waals surface area contributed by atoms with E-state index in [-0.39, 0.29) is 23.6 Å². The van der Waals surface area contributed by atoms with Gasteiger partial charge in [0.25, 0.3) is 11.5 Å². The molecular weight excluding hydrogens is 368 g/mol. The number of aromatic nitrogens is 1. The number of carbonyl (C=O) groups excluding carboxylic acids is 2. The zero-order valence-corrected chi connectivity index (χ0v) is 16.9. The largest absolute Gasteiger partial charge is 0.325 e. The minimum Gasteiger partial charge on any atom is -0.325 e. The minimum atomic E-state index is -0.472. The summed E-state index contributed by atoms with van der Waals surface area (Å²) < 4.78 is 1.47. The smallest absolute Gasteiger partial charge is 0.263 e. The Kier molecular flexibility index (Phi) is 5.79. The summed E-state index contributed by atoms with van der Waals surface area (Å²) >= 11 is 0. The minimum absolute atomic E-state index is 0.0761. The second-order valence-corrected chi connectivity index (χ2v) is 7.25. The summed E-state index contributed by atoms with van der Waals surface area (Å²) in [7, 11) is 5.29. The number of amides is 2. The number of pyridine rings is 1. The van der Waals surface area contributed by atoms with Gasteiger partial charge in [0.15, 0.2) is 0 Å². The summed E-state index contributed by atoms with van der Waals surface area (Å²) in [5.41, 5.74) is 2.52. The van der Waals surface area contributed by atoms with Gasteiger partial charge in [0.05, 0.1) is 12.1 Å². The average molecular weight is 392 g/mol. The predicted molar refractivity (Wildman–Crippen MR) is 116 cm³/mol. The van der Waals surface area contributed by atoms with Crippen molar-refractivity contribution in [3.05, 3.63) is 70.0 Å². The van der Waals surface area contributed by atoms with Crippen LogP contribution < -0.4 is 16.2 Å². The molecule has 0 aliphatic rings. The van der Waals surface area contributed by atoms with Crippen LogP contribution in [0.2, 0.25) is 0 Å². The van der Waals surface area contributed by atoms with Gasteiger partial charge >= 0.3 is 0 Å². The molecule has 3 aromatic rings. The van der Waals surface area contributed by atoms with Crippen molar-refractivity contribution in [3.8, 4) is 0 Å². The van der Waals surface area contributed by atoms with Crippen LogP contribution in [0.1, 0.15) is 15.9 Å². The number of hydrogen-bond donors (Lipinski definition) is 2. The van der Waals surface area contributed by atoms with Gasteiger partial charge in [-0.1, -0.05) is 18.2 Å². The monoisotopic (exact) mass is 392 g/mol. The topological polar surface area (TPSA) is 83.4 Å². The van der Waals surface area contributed by atoms with Gasteiger partial charge in [-0.05, 0) is 62.3 Å². The molecule has 0 radical (unpaired) electrons. The molecule has 0 fully saturated rings. The number of nitrogens with one attached hydrogen (secondary N) is 2. The lowest BCUT2D eigenvalue weighted by molar-refractivity contribution is -0.116. The lowest BCUT2D eigenvalue weighted by Crippen LogP contribution is -2.28. The summed E-state index contributed by atoms with van der Waals surface area (Å²) in [5.74, 6) is -0.588. The lowest BCUT2D eigenvalue weighted by Gasteiger charge is -2.13. The van der Waals surface area contributed by atoms with E-state index in [9.17, 15) is 14.4 Å². The molecule has 7 heteroatoms. The van der Waals surface area contributed by atoms with Crippen molar-refractivity contribution < 1.29 is 9.59 Å². The van der Waals surface area contributed by atoms with Crippen molar-refractivity contribution in [3.63, 3.8) is 0 Å². The maximum atomic E-state index is 12.7. The van der Waals surface area contributed by atoms with Gasteiger partial charge in [0.1, 0.15) is 5.56 Å². The molecule has 1 heterocycles. The molecule has 0 unspecified atom stereocenters. The Balaban J connectivity index is 1.82. The summed E-state index contributed by atoms with van der Waals surface area (Å²) in [4.78, 5) is 39.0. The van der Waals surface area contributed by atoms with Gasteiger partial charge in [-0.25, -0.2) is 0 Å². The SMILES string of the molecule is Cc1cc(NC(=O)c2cc3ccccc3n(C)c2=O)ccc1NC(=O)CN(C)C. The number of para-hydroxylation sites is 1. The number of anilines is 2. The van der Waals surface area contributed by atoms with Gasteiger partial charge in [0.2, 0.25) is 5.91 Å². The van der Waals surface area contributed by atoms with Crippen LogP contribution in [0.15, 0.2) is 53.3 Å². The number of hydrogen-bond acceptors (Lipinski definition) is 4. The number of benzene rings is 2. The fraction of sp³-hybridized carbons (Fsp3) is 0.227. The summed E-state index contributed by atoms with van der Waals surface area (Å²) in [6.07, 6.45) is 0. The molecule has 0 bridgehead atoms. The molecule has 2 amide bonds. The Morgan fingerprint density at radius 3 is 2.45 bits per heavy atom. The van der Waals surface area contributed by atoms with E-state index < -0.39 is 5.91 Å². The number of nitrogens with zero attached hydrogens (tertiary/aromatic N) is 2. The van der Waals surface area contributed by atoms with E-state index in [0.717, 1.165) is 16.5 Å². The Hall–Kier alpha value is -3.45. The molecule has 1 aromatic heterocycles. The van der Waals surface area contributed by atoms with Crippen LogP contribution in [0.25, 0.3) is 10.9 Å². The van der Waals surface area contributed by atoms with Crippen molar-refractivity contribution in [2.75, 3.05) is 31.3 Å². The second-order valence-electron chi connectivity index (χ2n) is 7.25. The first-order chi connectivity index (χ1) is 13.8. The summed E-state index contributed by atoms with van der Waals surface area (Å²) in [5, 5.41) is 6.43. The Morgan fingerprint density at radius 1 is 1.03 bits per heavy atom. The van der Waals surface area contributed by atoms with Crippen molar-refractivity contribution in [1.29, 1.82) is 0 Å². The van der Waals surface area contributed by atoms with Crippen LogP contribution in [-0.2, 0) is 11.8 Å². The highest BCUT2D eigenvalue weighted by atomic mass is 16.2. The molecule has 150 valence electrons. The quantitative estimate of drug-likeness (QED) is 0.699. The zero-order valence-electron chi connectivity index (χ0n) is 16.9. The molecule has 0 atom stereocenters. The van der Waals surface area contributed by atoms with E-state index in [1.807, 2.05) is 45.3 Å². The molecule has 2 aromatic carbocycles. The number of aryl methyl sites for hydroxylation is 2. The molecule has 0 aliphatic heterocycles. The highest BCUT2D eigenvalue weighted by Gasteiger charge is 2.15. The highest BCUT2D eigenvalue weighted by Crippen LogP contribution is 2.20. The Morgan fingerprint density at radius 2 is 1.76 bits per heavy atom. The third-order valence-electron chi connectivity index (χ3n) is 4.60. The molecule has 0 spiro atoms. The third-order valence-corrected chi connectivity index (χ3v) is 4.60. The maximum Gasteiger partial charge on any atom is 0.263 e. The number of carbonyl (C=O) groups is 2. The second kappa shape index (κ2) is 8.28. The van der Waals surface area contributed by atoms with Crippen molar-refractivity contribution in [2.24, 2.45) is 7.05 Å². The van der Waals surface area contributed by atoms with Crippen molar-refractivity contribution >= 4 is 34.1 Å². The first-order valence-corrected chi connectivity index (χ1v) is 9.21. The van der Waals surface area contributed by atoms with Gasteiger partial charge in [-0.15, -0.1) is 0 Å². The Bertz CT molecular complexity index is 1150. The van der Waals surface area contributed by atoms with Gasteiger partial charge in [-0.3, -0.25) is 14.4 Å². The van der Waals surface area contributed by atoms with E-state index >= 15 is 0 Å². The fourth-order valence-electron chi connectivity index (χ4n) is 3.14. The van der Waals surface area contributed by atoms with Crippen LogP contribution in [0.5, 0.6) is 0 Å². The molecule has 2 N–H and O–H groups in total. The predicted octanol–water partition coefficient (Wildman–Crippen LogP) is 2.60. The number of likely N-dealkylation sites (N-methyl/N-ethyl adjacent to an activating group) is 1. The van der Waals surface area contributed by atoms with Crippen LogP contribution in [0.4, 0.5) is 11.4 Å². The molecular formula is C22H24N4O3. The first-order valence-electron chi connectivity index (χ1n) is 9.21. The van der Waals surface area contributed by atoms with E-state index in [0.29, 0.717) is 11.4 Å². The van der Waals surface area contributed by atoms with Gasteiger partial charge in [-0.2, -0.15) is 0 Å². The Labute approximate surface area is 168 Å². The van der Waals surface area contributed by atoms with E-state index in [4.69, 9.17) is 0 Å². The molecule has 0 saturated carbocycles. The third kappa shape index (κ3) is 4.52. The first kappa shape index (κ1) is 20.3. The van der Waals surface area contributed by atoms with Gasteiger partial charge in [0, 0.05) is 18.4 Å². The van der Waals surface area contributed by atoms with E-state index in [1.54, 1.807) is 36.2 Å². The molecule has 0 saturated heterocycles. The number of rotatable bonds is 5. The maximum absolute atomic E-state index is 12.7. The van der Waals surface area contributed by atoms with Crippen LogP contribution in [-0.4, -0.2) is 41.9 Å². The summed E-state index contributed by atoms with van der Waals surface area (Å²) in [6.45, 7) is 2.12. The zero-order chi connectivity index (χ0) is 21.1. The molecule has 0 aliphatic carbocycles. The lowest BCUT2D eigenvalue weighted by atomic mass is 10.1. The van der Waals surface area contributed by atoms with Crippen LogP contribution in [0, 0.1) is 6.92 Å². The highest BCUT2D eigenvalue weighted by molar-refractivity contribution is 6.06. The molecule has 3 rings (SSSR count). The molecule has 7 nitrogen and oxygen atoms in total. The number of fused-ring (bicyclic) bond motifs is 1. The fourth-order valence-corrected chi connectivity index (χ4v) is 3.14. The van der Waals surface area contributed by atoms with Crippen molar-refractivity contribution in [2.45, 2.75) is 6.92 Å². The normalized spacial score (nSPS) is 10.9. The van der Waals surface area contributed by atoms with E-state index in [2.05, 4.69) is 10.6 Å². The van der Waals surface area contributed by atoms with Crippen molar-refractivity contribution in [1.82, 2.24) is 9.47 Å². The van der Waals surface area contributed by atoms with Crippen LogP contribution >= 0.6 is 0 Å². The van der Waals surface area contributed by atoms with Crippen LogP contribution in [0.3, 0.4) is 0 Å². The van der Waals surface area contributed by atoms with Gasteiger partial charge < -0.3 is 20.1 Å². The van der Waals surface area contributed by atoms with E-state index in [1.165, 1.54) is 4.57 Å². The summed E-state index contributed by atoms with van der Waals surface area (Å²) in [6, 6.07) is 14.2. The standard InChI is InChI=1S/C22H24N4O3/c1-14-11-16(9-10-18(14)24-20(27)13-25(2)3)23-21(28)17-12-15-7-5-6-8-19(15)26(4)22(17)29/h5-12H,13H2,1-4H3,(H,23,28)(H,24,27). The average Bonchev–Trinajstić information content (AvgIpc) is 2.66.